The number of para-hydroxylation sites is 1. The van der Waals surface area contributed by atoms with Gasteiger partial charge in [-0.3, -0.25) is 10.1 Å². The number of carbonyl (C=O) groups excluding carboxylic acids is 1. The van der Waals surface area contributed by atoms with Crippen molar-refractivity contribution in [2.24, 2.45) is 4.99 Å². The second-order valence-corrected chi connectivity index (χ2v) is 6.25. The van der Waals surface area contributed by atoms with Gasteiger partial charge in [0.25, 0.3) is 5.69 Å². The van der Waals surface area contributed by atoms with Crippen molar-refractivity contribution in [2.75, 3.05) is 0 Å². The molecule has 0 saturated carbocycles. The molecule has 0 N–H and O–H groups in total. The van der Waals surface area contributed by atoms with E-state index in [4.69, 9.17) is 9.47 Å². The molecule has 0 saturated heterocycles. The molecule has 3 rings (SSSR count). The zero-order valence-corrected chi connectivity index (χ0v) is 15.1. The van der Waals surface area contributed by atoms with Crippen LogP contribution in [0, 0.1) is 17.0 Å². The normalized spacial score (nSPS) is 15.0. The molecule has 7 heteroatoms. The molecular formula is C20H18N2O5. The maximum Gasteiger partial charge on any atom is 0.363 e. The lowest BCUT2D eigenvalue weighted by Gasteiger charge is -2.12. The zero-order chi connectivity index (χ0) is 19.6. The van der Waals surface area contributed by atoms with Gasteiger partial charge in [0.05, 0.1) is 11.0 Å². The molecule has 2 aromatic rings. The predicted molar refractivity (Wildman–Crippen MR) is 101 cm³/mol. The van der Waals surface area contributed by atoms with Crippen molar-refractivity contribution in [1.82, 2.24) is 0 Å². The van der Waals surface area contributed by atoms with Crippen molar-refractivity contribution in [3.63, 3.8) is 0 Å². The number of benzene rings is 2. The van der Waals surface area contributed by atoms with E-state index in [1.54, 1.807) is 19.1 Å². The van der Waals surface area contributed by atoms with Crippen LogP contribution in [-0.2, 0) is 9.53 Å². The lowest BCUT2D eigenvalue weighted by Crippen LogP contribution is -2.08. The minimum Gasteiger partial charge on any atom is -0.490 e. The van der Waals surface area contributed by atoms with E-state index in [0.717, 1.165) is 0 Å². The molecular weight excluding hydrogens is 348 g/mol. The Morgan fingerprint density at radius 3 is 2.63 bits per heavy atom. The molecule has 0 amide bonds. The Hall–Kier alpha value is -3.48. The Kier molecular flexibility index (Phi) is 5.03. The molecule has 0 spiro atoms. The SMILES string of the molecule is Cc1c(C2=N/C(=C\c3ccccc3OC(C)C)C(=O)O2)cccc1[N+](=O)[O-]. The largest absolute Gasteiger partial charge is 0.490 e. The molecule has 0 atom stereocenters. The first-order valence-electron chi connectivity index (χ1n) is 8.39. The fourth-order valence-corrected chi connectivity index (χ4v) is 2.69. The van der Waals surface area contributed by atoms with Gasteiger partial charge in [-0.2, -0.15) is 0 Å². The summed E-state index contributed by atoms with van der Waals surface area (Å²) in [5.74, 6) is 0.0629. The fraction of sp³-hybridized carbons (Fsp3) is 0.200. The van der Waals surface area contributed by atoms with Gasteiger partial charge in [-0.1, -0.05) is 24.3 Å². The second kappa shape index (κ2) is 7.41. The average Bonchev–Trinajstić information content (AvgIpc) is 2.96. The minimum absolute atomic E-state index is 0.0216. The lowest BCUT2D eigenvalue weighted by atomic mass is 10.1. The molecule has 0 aliphatic carbocycles. The van der Waals surface area contributed by atoms with Crippen LogP contribution < -0.4 is 4.74 Å². The van der Waals surface area contributed by atoms with Gasteiger partial charge in [0.2, 0.25) is 5.90 Å². The highest BCUT2D eigenvalue weighted by Gasteiger charge is 2.27. The summed E-state index contributed by atoms with van der Waals surface area (Å²) in [6.45, 7) is 5.42. The van der Waals surface area contributed by atoms with E-state index < -0.39 is 10.9 Å². The quantitative estimate of drug-likeness (QED) is 0.345. The Morgan fingerprint density at radius 2 is 1.93 bits per heavy atom. The van der Waals surface area contributed by atoms with Crippen LogP contribution in [0.1, 0.15) is 30.5 Å². The lowest BCUT2D eigenvalue weighted by molar-refractivity contribution is -0.385. The van der Waals surface area contributed by atoms with E-state index in [2.05, 4.69) is 4.99 Å². The molecule has 0 bridgehead atoms. The topological polar surface area (TPSA) is 91.0 Å². The maximum atomic E-state index is 12.2. The van der Waals surface area contributed by atoms with Crippen molar-refractivity contribution in [3.05, 3.63) is 75.0 Å². The number of rotatable bonds is 5. The number of carbonyl (C=O) groups is 1. The molecule has 2 aromatic carbocycles. The molecule has 138 valence electrons. The third kappa shape index (κ3) is 3.87. The van der Waals surface area contributed by atoms with Crippen molar-refractivity contribution < 1.29 is 19.2 Å². The summed E-state index contributed by atoms with van der Waals surface area (Å²) in [6, 6.07) is 11.8. The predicted octanol–water partition coefficient (Wildman–Crippen LogP) is 4.03. The third-order valence-corrected chi connectivity index (χ3v) is 3.93. The summed E-state index contributed by atoms with van der Waals surface area (Å²) in [6.07, 6.45) is 1.56. The molecule has 0 radical (unpaired) electrons. The molecule has 1 aliphatic heterocycles. The van der Waals surface area contributed by atoms with Crippen LogP contribution in [0.5, 0.6) is 5.75 Å². The molecule has 0 unspecified atom stereocenters. The first kappa shape index (κ1) is 18.3. The minimum atomic E-state index is -0.616. The van der Waals surface area contributed by atoms with Crippen LogP contribution in [0.15, 0.2) is 53.2 Å². The van der Waals surface area contributed by atoms with Crippen LogP contribution in [0.3, 0.4) is 0 Å². The summed E-state index contributed by atoms with van der Waals surface area (Å²) in [5.41, 5.74) is 1.54. The molecule has 1 heterocycles. The monoisotopic (exact) mass is 366 g/mol. The molecule has 0 aromatic heterocycles. The second-order valence-electron chi connectivity index (χ2n) is 6.25. The van der Waals surface area contributed by atoms with Gasteiger partial charge in [-0.05, 0) is 39.0 Å². The van der Waals surface area contributed by atoms with Crippen molar-refractivity contribution in [1.29, 1.82) is 0 Å². The zero-order valence-electron chi connectivity index (χ0n) is 15.1. The number of ether oxygens (including phenoxy) is 2. The van der Waals surface area contributed by atoms with Gasteiger partial charge >= 0.3 is 5.97 Å². The first-order valence-corrected chi connectivity index (χ1v) is 8.39. The molecule has 0 fully saturated rings. The molecule has 1 aliphatic rings. The third-order valence-electron chi connectivity index (χ3n) is 3.93. The highest BCUT2D eigenvalue weighted by molar-refractivity contribution is 6.13. The van der Waals surface area contributed by atoms with Gasteiger partial charge in [0, 0.05) is 22.8 Å². The van der Waals surface area contributed by atoms with E-state index in [-0.39, 0.29) is 23.4 Å². The Labute approximate surface area is 156 Å². The standard InChI is InChI=1S/C20H18N2O5/c1-12(2)26-18-10-5-4-7-14(18)11-16-20(23)27-19(21-16)15-8-6-9-17(13(15)3)22(24)25/h4-12H,1-3H3/b16-11-. The van der Waals surface area contributed by atoms with Crippen LogP contribution in [0.2, 0.25) is 0 Å². The van der Waals surface area contributed by atoms with Crippen molar-refractivity contribution in [3.8, 4) is 5.75 Å². The molecule has 7 nitrogen and oxygen atoms in total. The number of esters is 1. The van der Waals surface area contributed by atoms with Crippen LogP contribution in [0.25, 0.3) is 6.08 Å². The Morgan fingerprint density at radius 1 is 1.19 bits per heavy atom. The van der Waals surface area contributed by atoms with Gasteiger partial charge in [0.1, 0.15) is 5.75 Å². The summed E-state index contributed by atoms with van der Waals surface area (Å²) in [7, 11) is 0. The van der Waals surface area contributed by atoms with Gasteiger partial charge < -0.3 is 9.47 Å². The van der Waals surface area contributed by atoms with E-state index in [0.29, 0.717) is 22.4 Å². The first-order chi connectivity index (χ1) is 12.9. The van der Waals surface area contributed by atoms with E-state index >= 15 is 0 Å². The number of aliphatic imine (C=N–C) groups is 1. The highest BCUT2D eigenvalue weighted by Crippen LogP contribution is 2.28. The number of cyclic esters (lactones) is 1. The molecule has 27 heavy (non-hydrogen) atoms. The number of hydrogen-bond acceptors (Lipinski definition) is 6. The number of nitro groups is 1. The number of nitro benzene ring substituents is 1. The summed E-state index contributed by atoms with van der Waals surface area (Å²) >= 11 is 0. The highest BCUT2D eigenvalue weighted by atomic mass is 16.6. The van der Waals surface area contributed by atoms with Gasteiger partial charge in [-0.15, -0.1) is 0 Å². The Bertz CT molecular complexity index is 976. The van der Waals surface area contributed by atoms with Crippen LogP contribution >= 0.6 is 0 Å². The summed E-state index contributed by atoms with van der Waals surface area (Å²) < 4.78 is 11.0. The smallest absolute Gasteiger partial charge is 0.363 e. The Balaban J connectivity index is 2.00. The van der Waals surface area contributed by atoms with Gasteiger partial charge in [0.15, 0.2) is 5.70 Å². The number of nitrogens with zero attached hydrogens (tertiary/aromatic N) is 2. The van der Waals surface area contributed by atoms with Crippen LogP contribution in [0.4, 0.5) is 5.69 Å². The van der Waals surface area contributed by atoms with E-state index in [1.165, 1.54) is 12.1 Å². The van der Waals surface area contributed by atoms with Crippen molar-refractivity contribution >= 4 is 23.6 Å². The van der Waals surface area contributed by atoms with E-state index in [1.807, 2.05) is 38.1 Å². The van der Waals surface area contributed by atoms with Crippen LogP contribution in [-0.4, -0.2) is 22.9 Å². The summed E-state index contributed by atoms with van der Waals surface area (Å²) in [4.78, 5) is 27.1. The average molecular weight is 366 g/mol. The maximum absolute atomic E-state index is 12.2. The van der Waals surface area contributed by atoms with Crippen molar-refractivity contribution in [2.45, 2.75) is 26.9 Å². The van der Waals surface area contributed by atoms with E-state index in [9.17, 15) is 14.9 Å². The van der Waals surface area contributed by atoms with Gasteiger partial charge in [-0.25, -0.2) is 9.79 Å². The summed E-state index contributed by atoms with van der Waals surface area (Å²) in [5, 5.41) is 11.1. The number of hydrogen-bond donors (Lipinski definition) is 0. The fourth-order valence-electron chi connectivity index (χ4n) is 2.69.